The standard InChI is InChI=1S/C21H17BrClFN6S/c22-18-13-30(10-14-5-7-16(24)8-6-14)28-20(18)27-21(31)26-17-9-25-29(12-17)11-15-3-1-2-4-19(15)23/h1-9,12-13H,10-11H2,(H2,26,27,28,31). The minimum atomic E-state index is -0.264. The third-order valence-electron chi connectivity index (χ3n) is 4.39. The summed E-state index contributed by atoms with van der Waals surface area (Å²) in [5.41, 5.74) is 2.66. The number of nitrogens with zero attached hydrogens (tertiary/aromatic N) is 4. The van der Waals surface area contributed by atoms with E-state index in [1.54, 1.807) is 27.7 Å². The van der Waals surface area contributed by atoms with Crippen LogP contribution < -0.4 is 10.6 Å². The molecule has 158 valence electrons. The van der Waals surface area contributed by atoms with Crippen LogP contribution in [-0.4, -0.2) is 24.7 Å². The molecule has 0 amide bonds. The monoisotopic (exact) mass is 518 g/mol. The molecule has 4 rings (SSSR count). The number of halogens is 3. The highest BCUT2D eigenvalue weighted by Gasteiger charge is 2.10. The first-order valence-electron chi connectivity index (χ1n) is 9.27. The lowest BCUT2D eigenvalue weighted by atomic mass is 10.2. The molecule has 0 saturated heterocycles. The van der Waals surface area contributed by atoms with Crippen LogP contribution in [-0.2, 0) is 13.1 Å². The summed E-state index contributed by atoms with van der Waals surface area (Å²) >= 11 is 15.1. The molecule has 0 aliphatic rings. The molecule has 0 bridgehead atoms. The third kappa shape index (κ3) is 5.69. The number of rotatable bonds is 6. The lowest BCUT2D eigenvalue weighted by Gasteiger charge is -2.07. The first-order chi connectivity index (χ1) is 15.0. The van der Waals surface area contributed by atoms with Crippen LogP contribution in [0.5, 0.6) is 0 Å². The molecule has 31 heavy (non-hydrogen) atoms. The fourth-order valence-corrected chi connectivity index (χ4v) is 3.75. The molecule has 2 aromatic carbocycles. The van der Waals surface area contributed by atoms with Crippen molar-refractivity contribution in [2.45, 2.75) is 13.1 Å². The number of thiocarbonyl (C=S) groups is 1. The number of hydrogen-bond acceptors (Lipinski definition) is 3. The predicted molar refractivity (Wildman–Crippen MR) is 128 cm³/mol. The van der Waals surface area contributed by atoms with E-state index in [1.165, 1.54) is 12.1 Å². The van der Waals surface area contributed by atoms with Crippen molar-refractivity contribution in [1.82, 2.24) is 19.6 Å². The van der Waals surface area contributed by atoms with E-state index in [4.69, 9.17) is 23.8 Å². The van der Waals surface area contributed by atoms with Crippen molar-refractivity contribution in [3.05, 3.63) is 93.6 Å². The number of benzene rings is 2. The third-order valence-corrected chi connectivity index (χ3v) is 5.54. The van der Waals surface area contributed by atoms with Gasteiger partial charge in [-0.3, -0.25) is 9.36 Å². The fourth-order valence-electron chi connectivity index (χ4n) is 2.93. The maximum Gasteiger partial charge on any atom is 0.176 e. The summed E-state index contributed by atoms with van der Waals surface area (Å²) < 4.78 is 17.3. The first kappa shape index (κ1) is 21.5. The lowest BCUT2D eigenvalue weighted by molar-refractivity contribution is 0.624. The lowest BCUT2D eigenvalue weighted by Crippen LogP contribution is -2.19. The van der Waals surface area contributed by atoms with Crippen molar-refractivity contribution < 1.29 is 4.39 Å². The van der Waals surface area contributed by atoms with Gasteiger partial charge in [0, 0.05) is 17.4 Å². The summed E-state index contributed by atoms with van der Waals surface area (Å²) in [4.78, 5) is 0. The van der Waals surface area contributed by atoms with Gasteiger partial charge in [-0.25, -0.2) is 4.39 Å². The number of hydrogen-bond donors (Lipinski definition) is 2. The van der Waals surface area contributed by atoms with Crippen molar-refractivity contribution >= 4 is 56.4 Å². The smallest absolute Gasteiger partial charge is 0.176 e. The van der Waals surface area contributed by atoms with Crippen LogP contribution in [0.2, 0.25) is 5.02 Å². The van der Waals surface area contributed by atoms with Crippen molar-refractivity contribution in [2.24, 2.45) is 0 Å². The van der Waals surface area contributed by atoms with Crippen LogP contribution in [0.4, 0.5) is 15.9 Å². The highest BCUT2D eigenvalue weighted by molar-refractivity contribution is 9.10. The zero-order chi connectivity index (χ0) is 21.8. The minimum absolute atomic E-state index is 0.264. The average Bonchev–Trinajstić information content (AvgIpc) is 3.31. The second-order valence-corrected chi connectivity index (χ2v) is 8.42. The average molecular weight is 520 g/mol. The Balaban J connectivity index is 1.36. The first-order valence-corrected chi connectivity index (χ1v) is 10.9. The van der Waals surface area contributed by atoms with Gasteiger partial charge < -0.3 is 10.6 Å². The second-order valence-electron chi connectivity index (χ2n) is 6.75. The van der Waals surface area contributed by atoms with Gasteiger partial charge in [-0.05, 0) is 57.5 Å². The fraction of sp³-hybridized carbons (Fsp3) is 0.0952. The summed E-state index contributed by atoms with van der Waals surface area (Å²) in [6, 6.07) is 14.0. The Morgan fingerprint density at radius 2 is 1.81 bits per heavy atom. The van der Waals surface area contributed by atoms with Crippen molar-refractivity contribution in [1.29, 1.82) is 0 Å². The minimum Gasteiger partial charge on any atom is -0.330 e. The Morgan fingerprint density at radius 1 is 1.03 bits per heavy atom. The van der Waals surface area contributed by atoms with Crippen LogP contribution >= 0.6 is 39.7 Å². The van der Waals surface area contributed by atoms with Crippen LogP contribution in [0.3, 0.4) is 0 Å². The van der Waals surface area contributed by atoms with Crippen LogP contribution in [0.25, 0.3) is 0 Å². The summed E-state index contributed by atoms with van der Waals surface area (Å²) in [6.07, 6.45) is 5.36. The van der Waals surface area contributed by atoms with Crippen LogP contribution in [0, 0.1) is 5.82 Å². The van der Waals surface area contributed by atoms with Crippen LogP contribution in [0.15, 0.2) is 71.6 Å². The highest BCUT2D eigenvalue weighted by atomic mass is 79.9. The molecule has 0 spiro atoms. The number of anilines is 2. The van der Waals surface area contributed by atoms with Crippen molar-refractivity contribution in [2.75, 3.05) is 10.6 Å². The Morgan fingerprint density at radius 3 is 2.58 bits per heavy atom. The van der Waals surface area contributed by atoms with Gasteiger partial charge in [-0.15, -0.1) is 0 Å². The summed E-state index contributed by atoms with van der Waals surface area (Å²) in [7, 11) is 0. The highest BCUT2D eigenvalue weighted by Crippen LogP contribution is 2.21. The zero-order valence-corrected chi connectivity index (χ0v) is 19.3. The van der Waals surface area contributed by atoms with E-state index in [0.717, 1.165) is 21.3 Å². The predicted octanol–water partition coefficient (Wildman–Crippen LogP) is 5.54. The molecule has 0 atom stereocenters. The molecule has 0 fully saturated rings. The van der Waals surface area contributed by atoms with Crippen LogP contribution in [0.1, 0.15) is 11.1 Å². The Kier molecular flexibility index (Phi) is 6.64. The molecular weight excluding hydrogens is 503 g/mol. The topological polar surface area (TPSA) is 59.7 Å². The van der Waals surface area contributed by atoms with Gasteiger partial charge in [0.05, 0.1) is 29.4 Å². The summed E-state index contributed by atoms with van der Waals surface area (Å²) in [5, 5.41) is 16.1. The largest absolute Gasteiger partial charge is 0.330 e. The van der Waals surface area contributed by atoms with E-state index in [0.29, 0.717) is 29.0 Å². The molecular formula is C21H17BrClFN6S. The number of nitrogens with one attached hydrogen (secondary N) is 2. The maximum absolute atomic E-state index is 13.1. The van der Waals surface area contributed by atoms with Gasteiger partial charge in [0.2, 0.25) is 0 Å². The van der Waals surface area contributed by atoms with Gasteiger partial charge >= 0.3 is 0 Å². The van der Waals surface area contributed by atoms with Gasteiger partial charge in [0.15, 0.2) is 10.9 Å². The quantitative estimate of drug-likeness (QED) is 0.328. The molecule has 2 aromatic heterocycles. The molecule has 4 aromatic rings. The zero-order valence-electron chi connectivity index (χ0n) is 16.1. The summed E-state index contributed by atoms with van der Waals surface area (Å²) in [6.45, 7) is 1.07. The van der Waals surface area contributed by atoms with E-state index in [1.807, 2.05) is 36.7 Å². The molecule has 10 heteroatoms. The Hall–Kier alpha value is -2.75. The maximum atomic E-state index is 13.1. The second kappa shape index (κ2) is 9.59. The normalized spacial score (nSPS) is 10.8. The molecule has 0 aliphatic carbocycles. The molecule has 2 N–H and O–H groups in total. The molecule has 0 unspecified atom stereocenters. The van der Waals surface area contributed by atoms with Gasteiger partial charge in [-0.1, -0.05) is 41.9 Å². The van der Waals surface area contributed by atoms with E-state index < -0.39 is 0 Å². The molecule has 2 heterocycles. The van der Waals surface area contributed by atoms with E-state index in [-0.39, 0.29) is 5.82 Å². The molecule has 0 saturated carbocycles. The van der Waals surface area contributed by atoms with Crippen molar-refractivity contribution in [3.8, 4) is 0 Å². The van der Waals surface area contributed by atoms with E-state index >= 15 is 0 Å². The number of aromatic nitrogens is 4. The SMILES string of the molecule is Fc1ccc(Cn2cc(Br)c(NC(=S)Nc3cnn(Cc4ccccc4Cl)c3)n2)cc1. The molecule has 0 aliphatic heterocycles. The Bertz CT molecular complexity index is 1210. The summed E-state index contributed by atoms with van der Waals surface area (Å²) in [5.74, 6) is 0.308. The van der Waals surface area contributed by atoms with Gasteiger partial charge in [-0.2, -0.15) is 10.2 Å². The van der Waals surface area contributed by atoms with Gasteiger partial charge in [0.1, 0.15) is 5.82 Å². The van der Waals surface area contributed by atoms with Crippen molar-refractivity contribution in [3.63, 3.8) is 0 Å². The van der Waals surface area contributed by atoms with E-state index in [9.17, 15) is 4.39 Å². The Labute approximate surface area is 197 Å². The van der Waals surface area contributed by atoms with E-state index in [2.05, 4.69) is 36.8 Å². The molecule has 0 radical (unpaired) electrons. The van der Waals surface area contributed by atoms with Gasteiger partial charge in [0.25, 0.3) is 0 Å². The molecule has 6 nitrogen and oxygen atoms in total.